The molecular weight excluding hydrogens is 198 g/mol. The van der Waals surface area contributed by atoms with Crippen molar-refractivity contribution in [3.63, 3.8) is 0 Å². The summed E-state index contributed by atoms with van der Waals surface area (Å²) in [5.41, 5.74) is 0.864. The molecule has 1 heterocycles. The summed E-state index contributed by atoms with van der Waals surface area (Å²) in [6, 6.07) is -0.740. The van der Waals surface area contributed by atoms with E-state index in [4.69, 9.17) is 10.2 Å². The van der Waals surface area contributed by atoms with Crippen LogP contribution in [-0.2, 0) is 9.59 Å². The number of hydrogen-bond donors (Lipinski definition) is 3. The third kappa shape index (κ3) is 1.43. The lowest BCUT2D eigenvalue weighted by atomic mass is 9.86. The average molecular weight is 211 g/mol. The van der Waals surface area contributed by atoms with Crippen molar-refractivity contribution in [3.05, 3.63) is 12.2 Å². The number of fused-ring (bicyclic) bond motifs is 1. The molecule has 5 heteroatoms. The van der Waals surface area contributed by atoms with E-state index in [9.17, 15) is 9.59 Å². The standard InChI is InChI=1S/C10H13NO4/c1-4-2-5(9(12)13)7-6(4)3-11-8(7)10(14)15/h5-8,11H,1-3H2,(H,12,13)(H,14,15)/t5-,6-,7+,8-/m0/s1. The van der Waals surface area contributed by atoms with E-state index < -0.39 is 23.9 Å². The zero-order chi connectivity index (χ0) is 11.2. The molecule has 82 valence electrons. The monoisotopic (exact) mass is 211 g/mol. The first-order valence-corrected chi connectivity index (χ1v) is 4.89. The number of rotatable bonds is 2. The molecular formula is C10H13NO4. The molecule has 1 saturated heterocycles. The van der Waals surface area contributed by atoms with Gasteiger partial charge in [-0.05, 0) is 12.3 Å². The summed E-state index contributed by atoms with van der Waals surface area (Å²) in [7, 11) is 0. The Bertz CT molecular complexity index is 338. The predicted molar refractivity (Wildman–Crippen MR) is 51.3 cm³/mol. The van der Waals surface area contributed by atoms with E-state index in [1.807, 2.05) is 0 Å². The van der Waals surface area contributed by atoms with E-state index in [0.717, 1.165) is 5.57 Å². The summed E-state index contributed by atoms with van der Waals surface area (Å²) >= 11 is 0. The van der Waals surface area contributed by atoms with Crippen molar-refractivity contribution < 1.29 is 19.8 Å². The van der Waals surface area contributed by atoms with Gasteiger partial charge in [0.25, 0.3) is 0 Å². The van der Waals surface area contributed by atoms with Crippen LogP contribution in [0.15, 0.2) is 12.2 Å². The first kappa shape index (κ1) is 10.2. The van der Waals surface area contributed by atoms with Crippen LogP contribution in [0, 0.1) is 17.8 Å². The minimum Gasteiger partial charge on any atom is -0.481 e. The summed E-state index contributed by atoms with van der Waals surface area (Å²) in [6.07, 6.45) is 0.413. The van der Waals surface area contributed by atoms with Gasteiger partial charge in [-0.15, -0.1) is 0 Å². The van der Waals surface area contributed by atoms with Gasteiger partial charge in [-0.3, -0.25) is 9.59 Å². The molecule has 4 atom stereocenters. The Kier molecular flexibility index (Phi) is 2.26. The molecule has 0 bridgehead atoms. The maximum Gasteiger partial charge on any atom is 0.321 e. The molecule has 2 aliphatic rings. The van der Waals surface area contributed by atoms with Gasteiger partial charge in [0.05, 0.1) is 5.92 Å². The van der Waals surface area contributed by atoms with Crippen LogP contribution in [-0.4, -0.2) is 34.7 Å². The van der Waals surface area contributed by atoms with Gasteiger partial charge < -0.3 is 15.5 Å². The second-order valence-electron chi connectivity index (χ2n) is 4.22. The van der Waals surface area contributed by atoms with E-state index in [1.165, 1.54) is 0 Å². The molecule has 0 radical (unpaired) electrons. The van der Waals surface area contributed by atoms with E-state index >= 15 is 0 Å². The summed E-state index contributed by atoms with van der Waals surface area (Å²) < 4.78 is 0. The normalized spacial score (nSPS) is 39.1. The van der Waals surface area contributed by atoms with Gasteiger partial charge >= 0.3 is 11.9 Å². The topological polar surface area (TPSA) is 86.6 Å². The van der Waals surface area contributed by atoms with Crippen molar-refractivity contribution in [2.75, 3.05) is 6.54 Å². The first-order chi connectivity index (χ1) is 7.02. The summed E-state index contributed by atoms with van der Waals surface area (Å²) in [6.45, 7) is 4.36. The highest BCUT2D eigenvalue weighted by Gasteiger charge is 2.52. The molecule has 0 spiro atoms. The highest BCUT2D eigenvalue weighted by Crippen LogP contribution is 2.45. The molecule has 1 saturated carbocycles. The lowest BCUT2D eigenvalue weighted by molar-refractivity contribution is -0.145. The van der Waals surface area contributed by atoms with E-state index in [2.05, 4.69) is 11.9 Å². The average Bonchev–Trinajstić information content (AvgIpc) is 2.66. The van der Waals surface area contributed by atoms with Crippen LogP contribution in [0.5, 0.6) is 0 Å². The Morgan fingerprint density at radius 1 is 1.33 bits per heavy atom. The zero-order valence-corrected chi connectivity index (χ0v) is 8.14. The van der Waals surface area contributed by atoms with Gasteiger partial charge in [-0.1, -0.05) is 12.2 Å². The largest absolute Gasteiger partial charge is 0.481 e. The zero-order valence-electron chi connectivity index (χ0n) is 8.14. The maximum atomic E-state index is 11.0. The van der Waals surface area contributed by atoms with Crippen LogP contribution in [0.1, 0.15) is 6.42 Å². The molecule has 15 heavy (non-hydrogen) atoms. The fourth-order valence-electron chi connectivity index (χ4n) is 2.76. The Morgan fingerprint density at radius 2 is 2.00 bits per heavy atom. The SMILES string of the molecule is C=C1C[C@H](C(=O)O)[C@H]2[C@@H](C(=O)O)NC[C@@H]12. The summed E-state index contributed by atoms with van der Waals surface area (Å²) in [5.74, 6) is -2.82. The Labute approximate surface area is 86.8 Å². The van der Waals surface area contributed by atoms with Crippen molar-refractivity contribution in [2.24, 2.45) is 17.8 Å². The van der Waals surface area contributed by atoms with Crippen LogP contribution < -0.4 is 5.32 Å². The van der Waals surface area contributed by atoms with Gasteiger partial charge in [0, 0.05) is 12.5 Å². The van der Waals surface area contributed by atoms with Crippen molar-refractivity contribution in [2.45, 2.75) is 12.5 Å². The minimum atomic E-state index is -0.969. The van der Waals surface area contributed by atoms with Crippen LogP contribution in [0.25, 0.3) is 0 Å². The number of aliphatic carboxylic acids is 2. The van der Waals surface area contributed by atoms with Gasteiger partial charge in [0.2, 0.25) is 0 Å². The van der Waals surface area contributed by atoms with E-state index in [0.29, 0.717) is 13.0 Å². The third-order valence-electron chi connectivity index (χ3n) is 3.46. The molecule has 2 rings (SSSR count). The number of hydrogen-bond acceptors (Lipinski definition) is 3. The lowest BCUT2D eigenvalue weighted by Crippen LogP contribution is -2.39. The second-order valence-corrected chi connectivity index (χ2v) is 4.22. The van der Waals surface area contributed by atoms with Crippen LogP contribution in [0.3, 0.4) is 0 Å². The summed E-state index contributed by atoms with van der Waals surface area (Å²) in [5, 5.41) is 20.8. The molecule has 0 amide bonds. The highest BCUT2D eigenvalue weighted by molar-refractivity contribution is 5.78. The third-order valence-corrected chi connectivity index (χ3v) is 3.46. The fourth-order valence-corrected chi connectivity index (χ4v) is 2.76. The van der Waals surface area contributed by atoms with Gasteiger partial charge in [-0.2, -0.15) is 0 Å². The van der Waals surface area contributed by atoms with E-state index in [-0.39, 0.29) is 11.8 Å². The molecule has 3 N–H and O–H groups in total. The summed E-state index contributed by atoms with van der Waals surface area (Å²) in [4.78, 5) is 21.9. The molecule has 0 aromatic rings. The second kappa shape index (κ2) is 3.34. The Hall–Kier alpha value is -1.36. The van der Waals surface area contributed by atoms with Crippen LogP contribution in [0.4, 0.5) is 0 Å². The smallest absolute Gasteiger partial charge is 0.321 e. The van der Waals surface area contributed by atoms with Crippen molar-refractivity contribution in [1.82, 2.24) is 5.32 Å². The number of nitrogens with one attached hydrogen (secondary N) is 1. The van der Waals surface area contributed by atoms with Gasteiger partial charge in [0.15, 0.2) is 0 Å². The van der Waals surface area contributed by atoms with Crippen LogP contribution >= 0.6 is 0 Å². The Morgan fingerprint density at radius 3 is 2.53 bits per heavy atom. The molecule has 5 nitrogen and oxygen atoms in total. The molecule has 2 fully saturated rings. The molecule has 0 unspecified atom stereocenters. The van der Waals surface area contributed by atoms with Gasteiger partial charge in [0.1, 0.15) is 6.04 Å². The number of carbonyl (C=O) groups is 2. The van der Waals surface area contributed by atoms with E-state index in [1.54, 1.807) is 0 Å². The quantitative estimate of drug-likeness (QED) is 0.557. The lowest BCUT2D eigenvalue weighted by Gasteiger charge is -2.18. The van der Waals surface area contributed by atoms with Crippen molar-refractivity contribution in [1.29, 1.82) is 0 Å². The molecule has 1 aliphatic carbocycles. The number of carboxylic acid groups (broad SMARTS) is 2. The highest BCUT2D eigenvalue weighted by atomic mass is 16.4. The fraction of sp³-hybridized carbons (Fsp3) is 0.600. The van der Waals surface area contributed by atoms with Crippen molar-refractivity contribution >= 4 is 11.9 Å². The minimum absolute atomic E-state index is 0.00667. The molecule has 0 aromatic carbocycles. The first-order valence-electron chi connectivity index (χ1n) is 4.89. The van der Waals surface area contributed by atoms with Gasteiger partial charge in [-0.25, -0.2) is 0 Å². The van der Waals surface area contributed by atoms with Crippen molar-refractivity contribution in [3.8, 4) is 0 Å². The maximum absolute atomic E-state index is 11.0. The molecule has 1 aliphatic heterocycles. The Balaban J connectivity index is 2.28. The predicted octanol–water partition coefficient (Wildman–Crippen LogP) is -0.0641. The molecule has 0 aromatic heterocycles. The number of carboxylic acids is 2. The van der Waals surface area contributed by atoms with Crippen LogP contribution in [0.2, 0.25) is 0 Å².